The number of rotatable bonds is 3. The molecule has 0 aromatic heterocycles. The summed E-state index contributed by atoms with van der Waals surface area (Å²) >= 11 is 0. The number of nitrogens with zero attached hydrogens (tertiary/aromatic N) is 1. The van der Waals surface area contributed by atoms with Crippen LogP contribution in [-0.4, -0.2) is 37.7 Å². The van der Waals surface area contributed by atoms with Gasteiger partial charge in [-0.25, -0.2) is 4.39 Å². The van der Waals surface area contributed by atoms with Crippen LogP contribution >= 0.6 is 0 Å². The molecule has 4 heteroatoms. The molecule has 1 aromatic rings. The zero-order chi connectivity index (χ0) is 11.4. The van der Waals surface area contributed by atoms with Gasteiger partial charge in [0.2, 0.25) is 0 Å². The van der Waals surface area contributed by atoms with Gasteiger partial charge >= 0.3 is 0 Å². The highest BCUT2D eigenvalue weighted by molar-refractivity contribution is 5.46. The summed E-state index contributed by atoms with van der Waals surface area (Å²) in [6.07, 6.45) is 0.867. The highest BCUT2D eigenvalue weighted by Gasteiger charge is 2.10. The highest BCUT2D eigenvalue weighted by Crippen LogP contribution is 2.14. The third kappa shape index (κ3) is 2.93. The van der Waals surface area contributed by atoms with E-state index in [0.29, 0.717) is 5.69 Å². The predicted octanol–water partition coefficient (Wildman–Crippen LogP) is 1.28. The second-order valence-electron chi connectivity index (χ2n) is 4.05. The number of benzene rings is 1. The Hall–Kier alpha value is -1.13. The van der Waals surface area contributed by atoms with Crippen LogP contribution in [0.4, 0.5) is 10.1 Å². The summed E-state index contributed by atoms with van der Waals surface area (Å²) < 4.78 is 18.1. The molecule has 3 nitrogen and oxygen atoms in total. The molecule has 0 aliphatic carbocycles. The second kappa shape index (κ2) is 5.27. The third-order valence-electron chi connectivity index (χ3n) is 2.91. The van der Waals surface area contributed by atoms with Crippen molar-refractivity contribution in [2.24, 2.45) is 0 Å². The minimum absolute atomic E-state index is 0.271. The van der Waals surface area contributed by atoms with Gasteiger partial charge in [0.15, 0.2) is 0 Å². The summed E-state index contributed by atoms with van der Waals surface area (Å²) in [5.74, 6) is -0.271. The van der Waals surface area contributed by atoms with Crippen molar-refractivity contribution in [3.63, 3.8) is 0 Å². The number of ether oxygens (including phenoxy) is 1. The molecule has 2 N–H and O–H groups in total. The van der Waals surface area contributed by atoms with Gasteiger partial charge in [-0.15, -0.1) is 0 Å². The van der Waals surface area contributed by atoms with Gasteiger partial charge in [-0.1, -0.05) is 6.07 Å². The van der Waals surface area contributed by atoms with Crippen molar-refractivity contribution in [1.82, 2.24) is 4.90 Å². The fourth-order valence-electron chi connectivity index (χ4n) is 1.90. The van der Waals surface area contributed by atoms with Crippen LogP contribution in [0.15, 0.2) is 18.2 Å². The molecule has 1 aliphatic rings. The highest BCUT2D eigenvalue weighted by atomic mass is 19.1. The summed E-state index contributed by atoms with van der Waals surface area (Å²) in [4.78, 5) is 2.34. The van der Waals surface area contributed by atoms with Crippen molar-refractivity contribution in [3.8, 4) is 0 Å². The van der Waals surface area contributed by atoms with Crippen LogP contribution in [0, 0.1) is 5.82 Å². The van der Waals surface area contributed by atoms with E-state index in [-0.39, 0.29) is 5.82 Å². The van der Waals surface area contributed by atoms with Crippen LogP contribution in [0.1, 0.15) is 5.56 Å². The molecule has 16 heavy (non-hydrogen) atoms. The number of morpholine rings is 1. The minimum Gasteiger partial charge on any atom is -0.398 e. The van der Waals surface area contributed by atoms with Crippen molar-refractivity contribution in [2.45, 2.75) is 6.42 Å². The fourth-order valence-corrected chi connectivity index (χ4v) is 1.90. The van der Waals surface area contributed by atoms with Crippen molar-refractivity contribution < 1.29 is 9.13 Å². The average molecular weight is 224 g/mol. The molecule has 1 saturated heterocycles. The molecule has 1 aromatic carbocycles. The molecule has 1 heterocycles. The van der Waals surface area contributed by atoms with Gasteiger partial charge in [0.25, 0.3) is 0 Å². The molecule has 1 fully saturated rings. The zero-order valence-electron chi connectivity index (χ0n) is 9.29. The van der Waals surface area contributed by atoms with E-state index in [4.69, 9.17) is 10.5 Å². The van der Waals surface area contributed by atoms with Crippen molar-refractivity contribution in [1.29, 1.82) is 0 Å². The Bertz CT molecular complexity index is 351. The van der Waals surface area contributed by atoms with Gasteiger partial charge < -0.3 is 10.5 Å². The Balaban J connectivity index is 1.88. The van der Waals surface area contributed by atoms with Crippen LogP contribution in [0.2, 0.25) is 0 Å². The smallest absolute Gasteiger partial charge is 0.125 e. The van der Waals surface area contributed by atoms with E-state index in [1.165, 1.54) is 12.1 Å². The summed E-state index contributed by atoms with van der Waals surface area (Å²) in [6.45, 7) is 4.51. The van der Waals surface area contributed by atoms with Crippen LogP contribution in [0.25, 0.3) is 0 Å². The van der Waals surface area contributed by atoms with E-state index in [1.807, 2.05) is 0 Å². The monoisotopic (exact) mass is 224 g/mol. The van der Waals surface area contributed by atoms with E-state index >= 15 is 0 Å². The first kappa shape index (κ1) is 11.4. The molecule has 0 amide bonds. The maximum absolute atomic E-state index is 12.8. The molecular formula is C12H17FN2O. The minimum atomic E-state index is -0.271. The average Bonchev–Trinajstić information content (AvgIpc) is 2.29. The van der Waals surface area contributed by atoms with Gasteiger partial charge in [0, 0.05) is 25.3 Å². The Morgan fingerprint density at radius 3 is 2.75 bits per heavy atom. The molecule has 2 rings (SSSR count). The van der Waals surface area contributed by atoms with E-state index in [2.05, 4.69) is 4.90 Å². The molecule has 0 unspecified atom stereocenters. The topological polar surface area (TPSA) is 38.5 Å². The molecule has 0 bridgehead atoms. The van der Waals surface area contributed by atoms with Gasteiger partial charge in [-0.2, -0.15) is 0 Å². The normalized spacial score (nSPS) is 17.6. The Kier molecular flexibility index (Phi) is 3.74. The van der Waals surface area contributed by atoms with Crippen molar-refractivity contribution >= 4 is 5.69 Å². The lowest BCUT2D eigenvalue weighted by molar-refractivity contribution is 0.0384. The third-order valence-corrected chi connectivity index (χ3v) is 2.91. The molecule has 1 aliphatic heterocycles. The van der Waals surface area contributed by atoms with Gasteiger partial charge in [0.05, 0.1) is 13.2 Å². The first-order valence-corrected chi connectivity index (χ1v) is 5.60. The Labute approximate surface area is 95.0 Å². The lowest BCUT2D eigenvalue weighted by Crippen LogP contribution is -2.37. The quantitative estimate of drug-likeness (QED) is 0.786. The van der Waals surface area contributed by atoms with Crippen LogP contribution < -0.4 is 5.73 Å². The standard InChI is InChI=1S/C12H17FN2O/c13-11-2-1-10(12(14)9-11)3-4-15-5-7-16-8-6-15/h1-2,9H,3-8,14H2. The summed E-state index contributed by atoms with van der Waals surface area (Å²) in [6, 6.07) is 4.62. The second-order valence-corrected chi connectivity index (χ2v) is 4.05. The number of anilines is 1. The van der Waals surface area contributed by atoms with Crippen LogP contribution in [-0.2, 0) is 11.2 Å². The summed E-state index contributed by atoms with van der Waals surface area (Å²) in [7, 11) is 0. The SMILES string of the molecule is Nc1cc(F)ccc1CCN1CCOCC1. The number of hydrogen-bond acceptors (Lipinski definition) is 3. The maximum Gasteiger partial charge on any atom is 0.125 e. The van der Waals surface area contributed by atoms with Crippen LogP contribution in [0.3, 0.4) is 0 Å². The lowest BCUT2D eigenvalue weighted by atomic mass is 10.1. The first-order valence-electron chi connectivity index (χ1n) is 5.60. The van der Waals surface area contributed by atoms with E-state index in [1.54, 1.807) is 6.07 Å². The molecule has 0 radical (unpaired) electrons. The summed E-state index contributed by atoms with van der Waals surface area (Å²) in [5, 5.41) is 0. The first-order chi connectivity index (χ1) is 7.75. The fraction of sp³-hybridized carbons (Fsp3) is 0.500. The van der Waals surface area contributed by atoms with Crippen LogP contribution in [0.5, 0.6) is 0 Å². The predicted molar refractivity (Wildman–Crippen MR) is 61.8 cm³/mol. The number of hydrogen-bond donors (Lipinski definition) is 1. The number of halogens is 1. The molecular weight excluding hydrogens is 207 g/mol. The maximum atomic E-state index is 12.8. The zero-order valence-corrected chi connectivity index (χ0v) is 9.29. The Morgan fingerprint density at radius 1 is 1.31 bits per heavy atom. The van der Waals surface area contributed by atoms with Gasteiger partial charge in [-0.3, -0.25) is 4.90 Å². The molecule has 0 spiro atoms. The number of nitrogen functional groups attached to an aromatic ring is 1. The lowest BCUT2D eigenvalue weighted by Gasteiger charge is -2.26. The van der Waals surface area contributed by atoms with Crippen molar-refractivity contribution in [3.05, 3.63) is 29.6 Å². The number of nitrogens with two attached hydrogens (primary N) is 1. The van der Waals surface area contributed by atoms with E-state index in [9.17, 15) is 4.39 Å². The Morgan fingerprint density at radius 2 is 2.06 bits per heavy atom. The molecule has 0 atom stereocenters. The van der Waals surface area contributed by atoms with Gasteiger partial charge in [-0.05, 0) is 24.1 Å². The molecule has 88 valence electrons. The summed E-state index contributed by atoms with van der Waals surface area (Å²) in [5.41, 5.74) is 7.32. The largest absolute Gasteiger partial charge is 0.398 e. The van der Waals surface area contributed by atoms with E-state index < -0.39 is 0 Å². The van der Waals surface area contributed by atoms with Gasteiger partial charge in [0.1, 0.15) is 5.82 Å². The molecule has 0 saturated carbocycles. The van der Waals surface area contributed by atoms with Crippen molar-refractivity contribution in [2.75, 3.05) is 38.6 Å². The van der Waals surface area contributed by atoms with E-state index in [0.717, 1.165) is 44.8 Å².